The Morgan fingerprint density at radius 1 is 0.589 bits per heavy atom. The Hall–Kier alpha value is -1.07. The number of aliphatic hydroxyl groups excluding tert-OH is 5. The quantitative estimate of drug-likeness (QED) is 0.0265. The summed E-state index contributed by atoms with van der Waals surface area (Å²) >= 11 is 0. The van der Waals surface area contributed by atoms with Crippen LogP contribution in [0.25, 0.3) is 0 Å². The van der Waals surface area contributed by atoms with Gasteiger partial charge < -0.3 is 40.3 Å². The second kappa shape index (κ2) is 38.2. The molecular weight excluding hydrogens is 707 g/mol. The SMILES string of the molecule is CCCCCC/C=C/C(O)C(COC1OC(CO)C(O)C(O)C1O)NC(=O)CCCCCCCCCCCCCCCCCCCCCCCCCCCCC. The number of carbonyl (C=O) groups is 1. The van der Waals surface area contributed by atoms with Crippen molar-refractivity contribution >= 4 is 5.91 Å². The van der Waals surface area contributed by atoms with Crippen molar-refractivity contribution in [3.8, 4) is 0 Å². The molecule has 1 amide bonds. The number of hydrogen-bond acceptors (Lipinski definition) is 8. The van der Waals surface area contributed by atoms with Crippen LogP contribution in [0.2, 0.25) is 0 Å². The lowest BCUT2D eigenvalue weighted by Gasteiger charge is -2.40. The third-order valence-corrected chi connectivity index (χ3v) is 11.6. The van der Waals surface area contributed by atoms with Gasteiger partial charge in [0.15, 0.2) is 6.29 Å². The molecule has 9 nitrogen and oxygen atoms in total. The van der Waals surface area contributed by atoms with E-state index in [0.29, 0.717) is 6.42 Å². The Morgan fingerprint density at radius 2 is 0.982 bits per heavy atom. The summed E-state index contributed by atoms with van der Waals surface area (Å²) in [5.41, 5.74) is 0. The molecule has 0 aliphatic carbocycles. The van der Waals surface area contributed by atoms with E-state index in [1.807, 2.05) is 6.08 Å². The summed E-state index contributed by atoms with van der Waals surface area (Å²) in [7, 11) is 0. The monoisotopic (exact) mass is 798 g/mol. The fourth-order valence-electron chi connectivity index (χ4n) is 7.75. The van der Waals surface area contributed by atoms with Crippen molar-refractivity contribution in [2.45, 2.75) is 269 Å². The van der Waals surface area contributed by atoms with E-state index in [2.05, 4.69) is 19.2 Å². The maximum absolute atomic E-state index is 12.9. The summed E-state index contributed by atoms with van der Waals surface area (Å²) in [5, 5.41) is 53.8. The van der Waals surface area contributed by atoms with Gasteiger partial charge in [0.05, 0.1) is 25.4 Å². The normalized spacial score (nSPS) is 21.2. The van der Waals surface area contributed by atoms with Gasteiger partial charge in [-0.1, -0.05) is 212 Å². The van der Waals surface area contributed by atoms with E-state index in [1.54, 1.807) is 6.08 Å². The zero-order valence-electron chi connectivity index (χ0n) is 36.4. The van der Waals surface area contributed by atoms with E-state index >= 15 is 0 Å². The minimum Gasteiger partial charge on any atom is -0.394 e. The molecule has 0 aromatic carbocycles. The number of hydrogen-bond donors (Lipinski definition) is 6. The van der Waals surface area contributed by atoms with Crippen molar-refractivity contribution < 1.29 is 39.8 Å². The van der Waals surface area contributed by atoms with Crippen molar-refractivity contribution in [3.05, 3.63) is 12.2 Å². The van der Waals surface area contributed by atoms with Crippen LogP contribution in [-0.2, 0) is 14.3 Å². The van der Waals surface area contributed by atoms with Gasteiger partial charge in [-0.25, -0.2) is 0 Å². The Balaban J connectivity index is 2.09. The summed E-state index contributed by atoms with van der Waals surface area (Å²) in [4.78, 5) is 12.9. The Labute approximate surface area is 344 Å². The van der Waals surface area contributed by atoms with Crippen molar-refractivity contribution in [1.29, 1.82) is 0 Å². The van der Waals surface area contributed by atoms with E-state index in [-0.39, 0.29) is 12.5 Å². The van der Waals surface area contributed by atoms with Gasteiger partial charge in [-0.15, -0.1) is 0 Å². The molecule has 1 heterocycles. The van der Waals surface area contributed by atoms with Gasteiger partial charge in [0.1, 0.15) is 24.4 Å². The van der Waals surface area contributed by atoms with Crippen LogP contribution in [0.15, 0.2) is 12.2 Å². The molecular formula is C47H91NO8. The molecule has 0 bridgehead atoms. The van der Waals surface area contributed by atoms with Gasteiger partial charge in [-0.3, -0.25) is 4.79 Å². The average Bonchev–Trinajstić information content (AvgIpc) is 3.20. The maximum Gasteiger partial charge on any atom is 0.220 e. The fraction of sp³-hybridized carbons (Fsp3) is 0.936. The zero-order valence-corrected chi connectivity index (χ0v) is 36.4. The standard InChI is InChI=1S/C47H91NO8/c1-3-5-7-9-11-12-13-14-15-16-17-18-19-20-21-22-23-24-25-26-27-28-29-30-31-33-35-37-43(51)48-40(41(50)36-34-32-10-8-6-4-2)39-55-47-46(54)45(53)44(52)42(38-49)56-47/h34,36,40-42,44-47,49-50,52-54H,3-33,35,37-39H2,1-2H3,(H,48,51)/b36-34+. The lowest BCUT2D eigenvalue weighted by Crippen LogP contribution is -2.60. The largest absolute Gasteiger partial charge is 0.394 e. The number of unbranched alkanes of at least 4 members (excludes halogenated alkanes) is 30. The van der Waals surface area contributed by atoms with Crippen molar-refractivity contribution in [2.75, 3.05) is 13.2 Å². The highest BCUT2D eigenvalue weighted by Crippen LogP contribution is 2.23. The van der Waals surface area contributed by atoms with E-state index < -0.39 is 49.5 Å². The predicted octanol–water partition coefficient (Wildman–Crippen LogP) is 10.1. The van der Waals surface area contributed by atoms with Gasteiger partial charge in [0, 0.05) is 6.42 Å². The molecule has 7 unspecified atom stereocenters. The topological polar surface area (TPSA) is 149 Å². The van der Waals surface area contributed by atoms with Gasteiger partial charge in [0.2, 0.25) is 5.91 Å². The molecule has 332 valence electrons. The van der Waals surface area contributed by atoms with Crippen LogP contribution in [0, 0.1) is 0 Å². The van der Waals surface area contributed by atoms with Gasteiger partial charge >= 0.3 is 0 Å². The van der Waals surface area contributed by atoms with Crippen LogP contribution in [-0.4, -0.2) is 87.5 Å². The van der Waals surface area contributed by atoms with Gasteiger partial charge in [-0.05, 0) is 19.3 Å². The average molecular weight is 798 g/mol. The molecule has 56 heavy (non-hydrogen) atoms. The number of carbonyl (C=O) groups excluding carboxylic acids is 1. The Morgan fingerprint density at radius 3 is 1.39 bits per heavy atom. The second-order valence-electron chi connectivity index (χ2n) is 16.9. The first kappa shape index (κ1) is 52.9. The molecule has 9 heteroatoms. The predicted molar refractivity (Wildman–Crippen MR) is 231 cm³/mol. The van der Waals surface area contributed by atoms with E-state index in [1.165, 1.54) is 161 Å². The van der Waals surface area contributed by atoms with Gasteiger partial charge in [-0.2, -0.15) is 0 Å². The number of nitrogens with one attached hydrogen (secondary N) is 1. The molecule has 1 saturated heterocycles. The molecule has 0 aromatic heterocycles. The Kier molecular flexibility index (Phi) is 36.1. The number of amides is 1. The smallest absolute Gasteiger partial charge is 0.220 e. The van der Waals surface area contributed by atoms with Crippen LogP contribution < -0.4 is 5.32 Å². The van der Waals surface area contributed by atoms with E-state index in [4.69, 9.17) is 9.47 Å². The third-order valence-electron chi connectivity index (χ3n) is 11.6. The number of aliphatic hydroxyl groups is 5. The van der Waals surface area contributed by atoms with Crippen LogP contribution in [0.5, 0.6) is 0 Å². The summed E-state index contributed by atoms with van der Waals surface area (Å²) in [6.45, 7) is 3.70. The lowest BCUT2D eigenvalue weighted by atomic mass is 9.99. The van der Waals surface area contributed by atoms with E-state index in [0.717, 1.165) is 44.9 Å². The number of ether oxygens (including phenoxy) is 2. The summed E-state index contributed by atoms with van der Waals surface area (Å²) in [6.07, 6.45) is 37.5. The molecule has 0 saturated carbocycles. The molecule has 1 aliphatic rings. The summed E-state index contributed by atoms with van der Waals surface area (Å²) in [5.74, 6) is -0.178. The molecule has 6 N–H and O–H groups in total. The highest BCUT2D eigenvalue weighted by atomic mass is 16.7. The number of rotatable bonds is 40. The second-order valence-corrected chi connectivity index (χ2v) is 16.9. The van der Waals surface area contributed by atoms with E-state index in [9.17, 15) is 30.3 Å². The minimum absolute atomic E-state index is 0.178. The molecule has 1 aliphatic heterocycles. The van der Waals surface area contributed by atoms with Gasteiger partial charge in [0.25, 0.3) is 0 Å². The number of allylic oxidation sites excluding steroid dienone is 1. The lowest BCUT2D eigenvalue weighted by molar-refractivity contribution is -0.302. The zero-order chi connectivity index (χ0) is 40.9. The molecule has 0 spiro atoms. The highest BCUT2D eigenvalue weighted by Gasteiger charge is 2.44. The minimum atomic E-state index is -1.56. The fourth-order valence-corrected chi connectivity index (χ4v) is 7.75. The van der Waals surface area contributed by atoms with Crippen molar-refractivity contribution in [1.82, 2.24) is 5.32 Å². The summed E-state index contributed by atoms with van der Waals surface area (Å²) in [6, 6.07) is -0.796. The maximum atomic E-state index is 12.9. The molecule has 1 rings (SSSR count). The molecule has 0 aromatic rings. The molecule has 0 radical (unpaired) electrons. The highest BCUT2D eigenvalue weighted by molar-refractivity contribution is 5.76. The van der Waals surface area contributed by atoms with Crippen LogP contribution in [0.3, 0.4) is 0 Å². The van der Waals surface area contributed by atoms with Crippen LogP contribution >= 0.6 is 0 Å². The van der Waals surface area contributed by atoms with Crippen molar-refractivity contribution in [2.24, 2.45) is 0 Å². The molecule has 7 atom stereocenters. The third kappa shape index (κ3) is 28.4. The van der Waals surface area contributed by atoms with Crippen LogP contribution in [0.4, 0.5) is 0 Å². The first-order valence-corrected chi connectivity index (χ1v) is 23.9. The summed E-state index contributed by atoms with van der Waals surface area (Å²) < 4.78 is 11.1. The first-order valence-electron chi connectivity index (χ1n) is 23.9. The van der Waals surface area contributed by atoms with Crippen molar-refractivity contribution in [3.63, 3.8) is 0 Å². The Bertz CT molecular complexity index is 888. The van der Waals surface area contributed by atoms with Crippen LogP contribution in [0.1, 0.15) is 226 Å². The molecule has 1 fully saturated rings. The first-order chi connectivity index (χ1) is 27.3.